The number of carbonyl (C=O) groups is 3. The van der Waals surface area contributed by atoms with E-state index in [1.54, 1.807) is 0 Å². The summed E-state index contributed by atoms with van der Waals surface area (Å²) in [6.07, 6.45) is 2.02. The molecule has 108 valence electrons. The molecule has 5 N–H and O–H groups in total. The largest absolute Gasteiger partial charge is 0.481 e. The number of nitrogens with two attached hydrogens (primary N) is 1. The third kappa shape index (κ3) is 5.69. The van der Waals surface area contributed by atoms with Gasteiger partial charge in [0.25, 0.3) is 0 Å². The van der Waals surface area contributed by atoms with Crippen molar-refractivity contribution in [3.63, 3.8) is 0 Å². The van der Waals surface area contributed by atoms with Gasteiger partial charge in [-0.25, -0.2) is 0 Å². The summed E-state index contributed by atoms with van der Waals surface area (Å²) in [5.41, 5.74) is 5.33. The molecule has 0 aromatic heterocycles. The van der Waals surface area contributed by atoms with Gasteiger partial charge in [0.2, 0.25) is 11.8 Å². The Hall–Kier alpha value is -1.63. The minimum Gasteiger partial charge on any atom is -0.481 e. The molecule has 0 aliphatic heterocycles. The Balaban J connectivity index is 2.46. The van der Waals surface area contributed by atoms with Crippen molar-refractivity contribution >= 4 is 17.8 Å². The van der Waals surface area contributed by atoms with E-state index in [0.29, 0.717) is 6.54 Å². The lowest BCUT2D eigenvalue weighted by Crippen LogP contribution is -2.49. The number of rotatable bonds is 8. The van der Waals surface area contributed by atoms with E-state index in [9.17, 15) is 14.4 Å². The number of hydrogen-bond acceptors (Lipinski definition) is 4. The number of nitrogens with one attached hydrogen (secondary N) is 2. The van der Waals surface area contributed by atoms with Crippen LogP contribution >= 0.6 is 0 Å². The van der Waals surface area contributed by atoms with Crippen molar-refractivity contribution in [2.45, 2.75) is 38.6 Å². The topological polar surface area (TPSA) is 122 Å². The van der Waals surface area contributed by atoms with E-state index in [1.807, 2.05) is 0 Å². The summed E-state index contributed by atoms with van der Waals surface area (Å²) in [7, 11) is 0. The molecule has 7 nitrogen and oxygen atoms in total. The molecule has 0 bridgehead atoms. The molecule has 1 aliphatic carbocycles. The summed E-state index contributed by atoms with van der Waals surface area (Å²) < 4.78 is 0. The second kappa shape index (κ2) is 6.51. The van der Waals surface area contributed by atoms with Crippen LogP contribution in [0.3, 0.4) is 0 Å². The van der Waals surface area contributed by atoms with Crippen LogP contribution < -0.4 is 16.4 Å². The Bertz CT molecular complexity index is 366. The van der Waals surface area contributed by atoms with Crippen molar-refractivity contribution in [1.29, 1.82) is 0 Å². The van der Waals surface area contributed by atoms with Crippen molar-refractivity contribution in [1.82, 2.24) is 10.6 Å². The molecular weight excluding hydrogens is 250 g/mol. The van der Waals surface area contributed by atoms with Crippen LogP contribution in [0.15, 0.2) is 0 Å². The summed E-state index contributed by atoms with van der Waals surface area (Å²) in [5, 5.41) is 13.8. The molecule has 0 radical (unpaired) electrons. The van der Waals surface area contributed by atoms with Crippen LogP contribution in [0.2, 0.25) is 0 Å². The molecule has 1 saturated carbocycles. The smallest absolute Gasteiger partial charge is 0.303 e. The first-order valence-electron chi connectivity index (χ1n) is 6.35. The van der Waals surface area contributed by atoms with Crippen LogP contribution in [0.25, 0.3) is 0 Å². The van der Waals surface area contributed by atoms with Crippen molar-refractivity contribution in [2.24, 2.45) is 11.1 Å². The molecule has 1 unspecified atom stereocenters. The van der Waals surface area contributed by atoms with Crippen LogP contribution in [0, 0.1) is 5.41 Å². The van der Waals surface area contributed by atoms with E-state index in [2.05, 4.69) is 17.6 Å². The van der Waals surface area contributed by atoms with Gasteiger partial charge in [0.15, 0.2) is 0 Å². The van der Waals surface area contributed by atoms with Gasteiger partial charge in [-0.05, 0) is 24.7 Å². The molecule has 0 aromatic rings. The second-order valence-corrected chi connectivity index (χ2v) is 5.29. The minimum absolute atomic E-state index is 0.0591. The molecule has 1 aliphatic rings. The molecule has 0 aromatic carbocycles. The average Bonchev–Trinajstić information content (AvgIpc) is 3.09. The van der Waals surface area contributed by atoms with E-state index in [-0.39, 0.29) is 30.7 Å². The Morgan fingerprint density at radius 3 is 2.47 bits per heavy atom. The van der Waals surface area contributed by atoms with Gasteiger partial charge < -0.3 is 21.5 Å². The lowest BCUT2D eigenvalue weighted by molar-refractivity contribution is -0.137. The van der Waals surface area contributed by atoms with E-state index < -0.39 is 17.9 Å². The molecule has 2 amide bonds. The number of amides is 2. The first-order chi connectivity index (χ1) is 8.86. The van der Waals surface area contributed by atoms with Crippen LogP contribution in [-0.2, 0) is 14.4 Å². The summed E-state index contributed by atoms with van der Waals surface area (Å²) in [4.78, 5) is 33.7. The molecule has 1 fully saturated rings. The maximum atomic E-state index is 11.9. The first kappa shape index (κ1) is 15.4. The highest BCUT2D eigenvalue weighted by Gasteiger charge is 2.37. The van der Waals surface area contributed by atoms with Crippen molar-refractivity contribution < 1.29 is 19.5 Å². The summed E-state index contributed by atoms with van der Waals surface area (Å²) in [5.74, 6) is -1.83. The molecular formula is C12H21N3O4. The van der Waals surface area contributed by atoms with Crippen molar-refractivity contribution in [3.8, 4) is 0 Å². The average molecular weight is 271 g/mol. The van der Waals surface area contributed by atoms with Gasteiger partial charge in [0, 0.05) is 13.0 Å². The molecule has 1 atom stereocenters. The highest BCUT2D eigenvalue weighted by atomic mass is 16.4. The number of carbonyl (C=O) groups excluding carboxylic acids is 2. The summed E-state index contributed by atoms with van der Waals surface area (Å²) >= 11 is 0. The third-order valence-corrected chi connectivity index (χ3v) is 3.28. The molecule has 19 heavy (non-hydrogen) atoms. The highest BCUT2D eigenvalue weighted by molar-refractivity contribution is 5.88. The van der Waals surface area contributed by atoms with Crippen molar-refractivity contribution in [2.75, 3.05) is 13.1 Å². The van der Waals surface area contributed by atoms with E-state index in [0.717, 1.165) is 12.8 Å². The predicted molar refractivity (Wildman–Crippen MR) is 68.2 cm³/mol. The van der Waals surface area contributed by atoms with Gasteiger partial charge in [0.1, 0.15) is 6.04 Å². The van der Waals surface area contributed by atoms with Crippen molar-refractivity contribution in [3.05, 3.63) is 0 Å². The van der Waals surface area contributed by atoms with Gasteiger partial charge >= 0.3 is 5.97 Å². The van der Waals surface area contributed by atoms with Crippen LogP contribution in [0.4, 0.5) is 0 Å². The highest BCUT2D eigenvalue weighted by Crippen LogP contribution is 2.44. The Morgan fingerprint density at radius 2 is 2.00 bits per heavy atom. The molecule has 7 heteroatoms. The minimum atomic E-state index is -1.01. The van der Waals surface area contributed by atoms with Gasteiger partial charge in [-0.1, -0.05) is 6.92 Å². The van der Waals surface area contributed by atoms with Crippen LogP contribution in [0.5, 0.6) is 0 Å². The number of carboxylic acid groups (broad SMARTS) is 1. The summed E-state index contributed by atoms with van der Waals surface area (Å²) in [6, 6.07) is -0.838. The van der Waals surface area contributed by atoms with Gasteiger partial charge in [-0.2, -0.15) is 0 Å². The maximum absolute atomic E-state index is 11.9. The van der Waals surface area contributed by atoms with Gasteiger partial charge in [-0.15, -0.1) is 0 Å². The first-order valence-corrected chi connectivity index (χ1v) is 6.35. The molecule has 0 spiro atoms. The van der Waals surface area contributed by atoms with E-state index in [1.165, 1.54) is 0 Å². The molecule has 0 heterocycles. The zero-order valence-corrected chi connectivity index (χ0v) is 11.1. The summed E-state index contributed by atoms with van der Waals surface area (Å²) in [6.45, 7) is 2.39. The third-order valence-electron chi connectivity index (χ3n) is 3.28. The van der Waals surface area contributed by atoms with Gasteiger partial charge in [-0.3, -0.25) is 14.4 Å². The number of aliphatic carboxylic acids is 1. The number of hydrogen-bond donors (Lipinski definition) is 4. The monoisotopic (exact) mass is 271 g/mol. The standard InChI is InChI=1S/C12H21N3O4/c1-12(4-5-12)7-14-11(19)8(2-3-10(17)18)15-9(16)6-13/h8H,2-7,13H2,1H3,(H,14,19)(H,15,16)(H,17,18). The zero-order valence-electron chi connectivity index (χ0n) is 11.1. The normalized spacial score (nSPS) is 17.4. The van der Waals surface area contributed by atoms with E-state index in [4.69, 9.17) is 10.8 Å². The van der Waals surface area contributed by atoms with Crippen LogP contribution in [-0.4, -0.2) is 42.0 Å². The lowest BCUT2D eigenvalue weighted by Gasteiger charge is -2.19. The second-order valence-electron chi connectivity index (χ2n) is 5.29. The zero-order chi connectivity index (χ0) is 14.5. The SMILES string of the molecule is CC1(CNC(=O)C(CCC(=O)O)NC(=O)CN)CC1. The molecule has 0 saturated heterocycles. The van der Waals surface area contributed by atoms with Crippen LogP contribution in [0.1, 0.15) is 32.6 Å². The Morgan fingerprint density at radius 1 is 1.37 bits per heavy atom. The van der Waals surface area contributed by atoms with E-state index >= 15 is 0 Å². The fourth-order valence-corrected chi connectivity index (χ4v) is 1.60. The predicted octanol–water partition coefficient (Wildman–Crippen LogP) is -0.789. The maximum Gasteiger partial charge on any atom is 0.303 e. The Labute approximate surface area is 111 Å². The van der Waals surface area contributed by atoms with Gasteiger partial charge in [0.05, 0.1) is 6.54 Å². The fraction of sp³-hybridized carbons (Fsp3) is 0.750. The fourth-order valence-electron chi connectivity index (χ4n) is 1.60. The molecule has 1 rings (SSSR count). The quantitative estimate of drug-likeness (QED) is 0.461. The Kier molecular flexibility index (Phi) is 5.29. The lowest BCUT2D eigenvalue weighted by atomic mass is 10.1. The number of carboxylic acids is 1.